The quantitative estimate of drug-likeness (QED) is 0.226. The fourth-order valence-electron chi connectivity index (χ4n) is 2.46. The van der Waals surface area contributed by atoms with Crippen molar-refractivity contribution in [1.29, 1.82) is 0 Å². The van der Waals surface area contributed by atoms with E-state index in [0.29, 0.717) is 43.3 Å². The molecule has 3 N–H and O–H groups in total. The largest absolute Gasteiger partial charge is 0.497 e. The summed E-state index contributed by atoms with van der Waals surface area (Å²) in [5, 5.41) is 9.12. The molecule has 0 saturated heterocycles. The molecular weight excluding hydrogens is 474 g/mol. The Morgan fingerprint density at radius 2 is 1.75 bits per heavy atom. The summed E-state index contributed by atoms with van der Waals surface area (Å²) in [5.74, 6) is 0.872. The van der Waals surface area contributed by atoms with E-state index in [4.69, 9.17) is 4.74 Å². The first-order valence-corrected chi connectivity index (χ1v) is 8.73. The Labute approximate surface area is 182 Å². The lowest BCUT2D eigenvalue weighted by Gasteiger charge is -2.12. The summed E-state index contributed by atoms with van der Waals surface area (Å²) in [6.45, 7) is 1.59. The summed E-state index contributed by atoms with van der Waals surface area (Å²) >= 11 is 0. The maximum atomic E-state index is 13.2. The SMILES string of the molecule is CN=C(NCCNC(=O)c1cccc(OC)c1)NCCc1cccc(F)c1.I. The first kappa shape index (κ1) is 23.7. The van der Waals surface area contributed by atoms with Gasteiger partial charge in [0, 0.05) is 32.2 Å². The molecule has 0 heterocycles. The van der Waals surface area contributed by atoms with Crippen LogP contribution in [0.2, 0.25) is 0 Å². The number of carbonyl (C=O) groups is 1. The van der Waals surface area contributed by atoms with Crippen LogP contribution in [0.5, 0.6) is 5.75 Å². The lowest BCUT2D eigenvalue weighted by molar-refractivity contribution is 0.0954. The molecule has 0 aromatic heterocycles. The van der Waals surface area contributed by atoms with Gasteiger partial charge in [-0.1, -0.05) is 18.2 Å². The van der Waals surface area contributed by atoms with Crippen LogP contribution in [0, 0.1) is 5.82 Å². The van der Waals surface area contributed by atoms with Gasteiger partial charge in [-0.25, -0.2) is 4.39 Å². The van der Waals surface area contributed by atoms with Crippen LogP contribution in [0.1, 0.15) is 15.9 Å². The number of nitrogens with one attached hydrogen (secondary N) is 3. The second kappa shape index (κ2) is 12.9. The third-order valence-electron chi connectivity index (χ3n) is 3.85. The van der Waals surface area contributed by atoms with Crippen LogP contribution in [0.15, 0.2) is 53.5 Å². The highest BCUT2D eigenvalue weighted by molar-refractivity contribution is 14.0. The molecule has 152 valence electrons. The van der Waals surface area contributed by atoms with E-state index < -0.39 is 0 Å². The number of carbonyl (C=O) groups excluding carboxylic acids is 1. The Hall–Kier alpha value is -2.36. The topological polar surface area (TPSA) is 74.8 Å². The van der Waals surface area contributed by atoms with E-state index in [1.807, 2.05) is 6.07 Å². The van der Waals surface area contributed by atoms with Gasteiger partial charge in [0.15, 0.2) is 5.96 Å². The van der Waals surface area contributed by atoms with Gasteiger partial charge >= 0.3 is 0 Å². The van der Waals surface area contributed by atoms with Crippen LogP contribution in [0.4, 0.5) is 4.39 Å². The molecule has 1 amide bonds. The van der Waals surface area contributed by atoms with Crippen LogP contribution in [0.25, 0.3) is 0 Å². The van der Waals surface area contributed by atoms with Crippen LogP contribution < -0.4 is 20.7 Å². The molecule has 0 fully saturated rings. The first-order chi connectivity index (χ1) is 13.1. The summed E-state index contributed by atoms with van der Waals surface area (Å²) < 4.78 is 18.3. The van der Waals surface area contributed by atoms with Crippen molar-refractivity contribution in [2.75, 3.05) is 33.8 Å². The molecule has 0 bridgehead atoms. The number of rotatable bonds is 8. The Morgan fingerprint density at radius 1 is 1.04 bits per heavy atom. The maximum Gasteiger partial charge on any atom is 0.251 e. The van der Waals surface area contributed by atoms with Gasteiger partial charge in [-0.05, 0) is 42.3 Å². The van der Waals surface area contributed by atoms with Crippen molar-refractivity contribution in [2.45, 2.75) is 6.42 Å². The van der Waals surface area contributed by atoms with E-state index in [0.717, 1.165) is 5.56 Å². The summed E-state index contributed by atoms with van der Waals surface area (Å²) in [6.07, 6.45) is 0.686. The molecule has 0 spiro atoms. The summed E-state index contributed by atoms with van der Waals surface area (Å²) in [5.41, 5.74) is 1.47. The lowest BCUT2D eigenvalue weighted by atomic mass is 10.1. The Morgan fingerprint density at radius 3 is 2.46 bits per heavy atom. The molecule has 0 unspecified atom stereocenters. The van der Waals surface area contributed by atoms with Crippen molar-refractivity contribution >= 4 is 35.8 Å². The number of aliphatic imine (C=N–C) groups is 1. The molecule has 2 rings (SSSR count). The number of halogens is 2. The number of hydrogen-bond acceptors (Lipinski definition) is 3. The molecular formula is C20H26FIN4O2. The number of ether oxygens (including phenoxy) is 1. The third-order valence-corrected chi connectivity index (χ3v) is 3.85. The molecule has 2 aromatic rings. The molecule has 28 heavy (non-hydrogen) atoms. The van der Waals surface area contributed by atoms with Gasteiger partial charge in [-0.15, -0.1) is 24.0 Å². The number of hydrogen-bond donors (Lipinski definition) is 3. The van der Waals surface area contributed by atoms with E-state index in [9.17, 15) is 9.18 Å². The predicted molar refractivity (Wildman–Crippen MR) is 120 cm³/mol. The van der Waals surface area contributed by atoms with Crippen LogP contribution >= 0.6 is 24.0 Å². The monoisotopic (exact) mass is 500 g/mol. The van der Waals surface area contributed by atoms with Gasteiger partial charge in [0.1, 0.15) is 11.6 Å². The minimum Gasteiger partial charge on any atom is -0.497 e. The van der Waals surface area contributed by atoms with Gasteiger partial charge < -0.3 is 20.7 Å². The fourth-order valence-corrected chi connectivity index (χ4v) is 2.46. The van der Waals surface area contributed by atoms with E-state index in [-0.39, 0.29) is 35.7 Å². The minimum absolute atomic E-state index is 0. The lowest BCUT2D eigenvalue weighted by Crippen LogP contribution is -2.42. The van der Waals surface area contributed by atoms with Crippen molar-refractivity contribution in [3.8, 4) is 5.75 Å². The van der Waals surface area contributed by atoms with Crippen LogP contribution in [-0.2, 0) is 6.42 Å². The number of methoxy groups -OCH3 is 1. The Kier molecular flexibility index (Phi) is 10.9. The van der Waals surface area contributed by atoms with Crippen molar-refractivity contribution in [2.24, 2.45) is 4.99 Å². The van der Waals surface area contributed by atoms with Crippen molar-refractivity contribution < 1.29 is 13.9 Å². The average Bonchev–Trinajstić information content (AvgIpc) is 2.69. The predicted octanol–water partition coefficient (Wildman–Crippen LogP) is 2.59. The molecule has 2 aromatic carbocycles. The highest BCUT2D eigenvalue weighted by Crippen LogP contribution is 2.12. The van der Waals surface area contributed by atoms with Gasteiger partial charge in [-0.2, -0.15) is 0 Å². The molecule has 0 radical (unpaired) electrons. The van der Waals surface area contributed by atoms with E-state index >= 15 is 0 Å². The van der Waals surface area contributed by atoms with E-state index in [2.05, 4.69) is 20.9 Å². The normalized spacial score (nSPS) is 10.6. The highest BCUT2D eigenvalue weighted by atomic mass is 127. The Bertz CT molecular complexity index is 786. The van der Waals surface area contributed by atoms with Gasteiger partial charge in [0.2, 0.25) is 0 Å². The zero-order chi connectivity index (χ0) is 19.5. The van der Waals surface area contributed by atoms with Gasteiger partial charge in [0.25, 0.3) is 5.91 Å². The van der Waals surface area contributed by atoms with Crippen LogP contribution in [0.3, 0.4) is 0 Å². The molecule has 0 aliphatic carbocycles. The second-order valence-corrected chi connectivity index (χ2v) is 5.79. The number of nitrogens with zero attached hydrogens (tertiary/aromatic N) is 1. The number of amides is 1. The standard InChI is InChI=1S/C20H25FN4O2.HI/c1-22-20(24-10-9-15-5-3-7-17(21)13-15)25-12-11-23-19(26)16-6-4-8-18(14-16)27-2;/h3-8,13-14H,9-12H2,1-2H3,(H,23,26)(H2,22,24,25);1H. The smallest absolute Gasteiger partial charge is 0.251 e. The fraction of sp³-hybridized carbons (Fsp3) is 0.300. The first-order valence-electron chi connectivity index (χ1n) is 8.73. The summed E-state index contributed by atoms with van der Waals surface area (Å²) in [4.78, 5) is 16.2. The van der Waals surface area contributed by atoms with Crippen LogP contribution in [-0.4, -0.2) is 45.7 Å². The zero-order valence-corrected chi connectivity index (χ0v) is 18.3. The van der Waals surface area contributed by atoms with E-state index in [1.54, 1.807) is 44.5 Å². The number of benzene rings is 2. The van der Waals surface area contributed by atoms with Gasteiger partial charge in [-0.3, -0.25) is 9.79 Å². The number of guanidine groups is 1. The van der Waals surface area contributed by atoms with Crippen molar-refractivity contribution in [1.82, 2.24) is 16.0 Å². The van der Waals surface area contributed by atoms with Crippen molar-refractivity contribution in [3.63, 3.8) is 0 Å². The minimum atomic E-state index is -0.234. The molecule has 0 saturated carbocycles. The zero-order valence-electron chi connectivity index (χ0n) is 16.0. The molecule has 0 atom stereocenters. The molecule has 6 nitrogen and oxygen atoms in total. The average molecular weight is 500 g/mol. The third kappa shape index (κ3) is 8.12. The van der Waals surface area contributed by atoms with E-state index in [1.165, 1.54) is 12.1 Å². The van der Waals surface area contributed by atoms with Crippen molar-refractivity contribution in [3.05, 3.63) is 65.5 Å². The summed E-state index contributed by atoms with van der Waals surface area (Å²) in [6, 6.07) is 13.5. The summed E-state index contributed by atoms with van der Waals surface area (Å²) in [7, 11) is 3.24. The maximum absolute atomic E-state index is 13.2. The Balaban J connectivity index is 0.00000392. The second-order valence-electron chi connectivity index (χ2n) is 5.79. The molecule has 8 heteroatoms. The highest BCUT2D eigenvalue weighted by Gasteiger charge is 2.06. The molecule has 0 aliphatic heterocycles. The van der Waals surface area contributed by atoms with Gasteiger partial charge in [0.05, 0.1) is 7.11 Å². The molecule has 0 aliphatic rings.